The molecule has 2 rings (SSSR count). The molecular weight excluding hydrogens is 300 g/mol. The van der Waals surface area contributed by atoms with Crippen LogP contribution in [0.15, 0.2) is 15.9 Å². The second-order valence-electron chi connectivity index (χ2n) is 4.74. The highest BCUT2D eigenvalue weighted by Crippen LogP contribution is 2.34. The van der Waals surface area contributed by atoms with Gasteiger partial charge >= 0.3 is 0 Å². The maximum Gasteiger partial charge on any atom is 0.0591 e. The Labute approximate surface area is 115 Å². The molecule has 0 radical (unpaired) electrons. The van der Waals surface area contributed by atoms with Crippen LogP contribution < -0.4 is 0 Å². The van der Waals surface area contributed by atoms with Crippen LogP contribution in [-0.4, -0.2) is 23.9 Å². The molecule has 17 heavy (non-hydrogen) atoms. The summed E-state index contributed by atoms with van der Waals surface area (Å²) in [4.78, 5) is 1.25. The predicted molar refractivity (Wildman–Crippen MR) is 74.5 cm³/mol. The molecule has 0 aromatic carbocycles. The Hall–Kier alpha value is 0.1000. The van der Waals surface area contributed by atoms with Gasteiger partial charge in [-0.3, -0.25) is 0 Å². The molecule has 0 amide bonds. The van der Waals surface area contributed by atoms with E-state index < -0.39 is 0 Å². The van der Waals surface area contributed by atoms with Crippen LogP contribution in [0.25, 0.3) is 0 Å². The molecule has 1 aliphatic rings. The second kappa shape index (κ2) is 6.32. The number of ether oxygens (including phenoxy) is 1. The molecule has 1 saturated carbocycles. The third-order valence-corrected chi connectivity index (χ3v) is 4.98. The second-order valence-corrected chi connectivity index (χ2v) is 6.65. The van der Waals surface area contributed by atoms with E-state index in [0.717, 1.165) is 36.8 Å². The molecule has 1 unspecified atom stereocenters. The Kier molecular flexibility index (Phi) is 5.03. The van der Waals surface area contributed by atoms with Gasteiger partial charge in [-0.2, -0.15) is 0 Å². The zero-order chi connectivity index (χ0) is 12.3. The third kappa shape index (κ3) is 4.05. The van der Waals surface area contributed by atoms with Crippen molar-refractivity contribution in [2.45, 2.75) is 44.8 Å². The highest BCUT2D eigenvalue weighted by atomic mass is 79.9. The summed E-state index contributed by atoms with van der Waals surface area (Å²) in [6.45, 7) is 2.85. The zero-order valence-electron chi connectivity index (χ0n) is 10.1. The van der Waals surface area contributed by atoms with E-state index in [1.54, 1.807) is 11.3 Å². The lowest BCUT2D eigenvalue weighted by Crippen LogP contribution is -2.34. The fraction of sp³-hybridized carbons (Fsp3) is 0.692. The number of hydrogen-bond acceptors (Lipinski definition) is 3. The van der Waals surface area contributed by atoms with Crippen molar-refractivity contribution in [3.63, 3.8) is 0 Å². The Morgan fingerprint density at radius 1 is 1.59 bits per heavy atom. The lowest BCUT2D eigenvalue weighted by Gasteiger charge is -2.36. The number of rotatable bonds is 6. The number of aliphatic hydroxyl groups is 1. The number of aliphatic hydroxyl groups excluding tert-OH is 1. The van der Waals surface area contributed by atoms with Crippen LogP contribution >= 0.6 is 27.3 Å². The number of hydrogen-bond donors (Lipinski definition) is 1. The minimum Gasteiger partial charge on any atom is -0.393 e. The first-order valence-electron chi connectivity index (χ1n) is 6.20. The highest BCUT2D eigenvalue weighted by Gasteiger charge is 2.30. The van der Waals surface area contributed by atoms with Gasteiger partial charge in [-0.15, -0.1) is 11.3 Å². The van der Waals surface area contributed by atoms with Crippen LogP contribution in [0, 0.1) is 5.92 Å². The fourth-order valence-corrected chi connectivity index (χ4v) is 3.92. The average Bonchev–Trinajstić information content (AvgIpc) is 2.61. The van der Waals surface area contributed by atoms with Crippen molar-refractivity contribution in [1.29, 1.82) is 0 Å². The van der Waals surface area contributed by atoms with Gasteiger partial charge < -0.3 is 9.84 Å². The van der Waals surface area contributed by atoms with Crippen LogP contribution in [0.5, 0.6) is 0 Å². The summed E-state index contributed by atoms with van der Waals surface area (Å²) in [5.74, 6) is 0.657. The van der Waals surface area contributed by atoms with E-state index in [0.29, 0.717) is 12.0 Å². The molecule has 1 N–H and O–H groups in total. The van der Waals surface area contributed by atoms with E-state index in [4.69, 9.17) is 4.74 Å². The molecule has 1 fully saturated rings. The summed E-state index contributed by atoms with van der Waals surface area (Å²) in [5, 5.41) is 12.1. The lowest BCUT2D eigenvalue weighted by atomic mass is 9.78. The van der Waals surface area contributed by atoms with E-state index in [1.807, 2.05) is 6.92 Å². The summed E-state index contributed by atoms with van der Waals surface area (Å²) in [6, 6.07) is 2.09. The van der Waals surface area contributed by atoms with Gasteiger partial charge in [0.05, 0.1) is 12.2 Å². The first-order chi connectivity index (χ1) is 8.17. The maximum atomic E-state index is 10.0. The molecule has 1 aromatic heterocycles. The van der Waals surface area contributed by atoms with Crippen LogP contribution in [0.2, 0.25) is 0 Å². The molecule has 0 saturated heterocycles. The summed E-state index contributed by atoms with van der Waals surface area (Å²) < 4.78 is 6.64. The van der Waals surface area contributed by atoms with Gasteiger partial charge in [-0.1, -0.05) is 0 Å². The van der Waals surface area contributed by atoms with Crippen molar-refractivity contribution < 1.29 is 9.84 Å². The third-order valence-electron chi connectivity index (χ3n) is 3.26. The standard InChI is InChI=1S/C13H19BrO2S/c1-2-16-12-4-9(5-12)3-11(15)7-13-6-10(14)8-17-13/h6,8-9,11-12,15H,2-5,7H2,1H3. The normalized spacial score (nSPS) is 25.6. The Morgan fingerprint density at radius 2 is 2.35 bits per heavy atom. The summed E-state index contributed by atoms with van der Waals surface area (Å²) in [6.07, 6.45) is 4.20. The van der Waals surface area contributed by atoms with E-state index in [1.165, 1.54) is 4.88 Å². The molecule has 0 spiro atoms. The monoisotopic (exact) mass is 318 g/mol. The summed E-state index contributed by atoms with van der Waals surface area (Å²) >= 11 is 5.14. The first-order valence-corrected chi connectivity index (χ1v) is 7.87. The molecule has 2 nitrogen and oxygen atoms in total. The van der Waals surface area contributed by atoms with Crippen molar-refractivity contribution in [2.24, 2.45) is 5.92 Å². The van der Waals surface area contributed by atoms with Gasteiger partial charge in [0.2, 0.25) is 0 Å². The van der Waals surface area contributed by atoms with Gasteiger partial charge in [0.15, 0.2) is 0 Å². The Morgan fingerprint density at radius 3 is 2.94 bits per heavy atom. The van der Waals surface area contributed by atoms with Crippen molar-refractivity contribution >= 4 is 27.3 Å². The zero-order valence-corrected chi connectivity index (χ0v) is 12.5. The Bertz CT molecular complexity index is 347. The van der Waals surface area contributed by atoms with Crippen LogP contribution in [-0.2, 0) is 11.2 Å². The van der Waals surface area contributed by atoms with E-state index in [2.05, 4.69) is 27.4 Å². The van der Waals surface area contributed by atoms with Gasteiger partial charge in [0.1, 0.15) is 0 Å². The largest absolute Gasteiger partial charge is 0.393 e. The van der Waals surface area contributed by atoms with E-state index in [-0.39, 0.29) is 6.10 Å². The van der Waals surface area contributed by atoms with Crippen LogP contribution in [0.1, 0.15) is 31.1 Å². The van der Waals surface area contributed by atoms with Gasteiger partial charge in [-0.05, 0) is 54.1 Å². The van der Waals surface area contributed by atoms with E-state index >= 15 is 0 Å². The van der Waals surface area contributed by atoms with Crippen LogP contribution in [0.4, 0.5) is 0 Å². The minimum atomic E-state index is -0.201. The maximum absolute atomic E-state index is 10.0. The van der Waals surface area contributed by atoms with Crippen molar-refractivity contribution in [3.05, 3.63) is 20.8 Å². The van der Waals surface area contributed by atoms with Crippen molar-refractivity contribution in [2.75, 3.05) is 6.61 Å². The quantitative estimate of drug-likeness (QED) is 0.868. The van der Waals surface area contributed by atoms with Crippen molar-refractivity contribution in [1.82, 2.24) is 0 Å². The molecular formula is C13H19BrO2S. The highest BCUT2D eigenvalue weighted by molar-refractivity contribution is 9.10. The Balaban J connectivity index is 1.67. The molecule has 0 aliphatic heterocycles. The van der Waals surface area contributed by atoms with Gasteiger partial charge in [0, 0.05) is 27.8 Å². The van der Waals surface area contributed by atoms with Gasteiger partial charge in [0.25, 0.3) is 0 Å². The average molecular weight is 319 g/mol. The number of halogens is 1. The minimum absolute atomic E-state index is 0.201. The smallest absolute Gasteiger partial charge is 0.0591 e. The summed E-state index contributed by atoms with van der Waals surface area (Å²) in [7, 11) is 0. The SMILES string of the molecule is CCOC1CC(CC(O)Cc2cc(Br)cs2)C1. The van der Waals surface area contributed by atoms with Crippen molar-refractivity contribution in [3.8, 4) is 0 Å². The topological polar surface area (TPSA) is 29.5 Å². The molecule has 1 aromatic rings. The summed E-state index contributed by atoms with van der Waals surface area (Å²) in [5.41, 5.74) is 0. The molecule has 4 heteroatoms. The van der Waals surface area contributed by atoms with Gasteiger partial charge in [-0.25, -0.2) is 0 Å². The molecule has 1 aliphatic carbocycles. The molecule has 96 valence electrons. The number of thiophene rings is 1. The lowest BCUT2D eigenvalue weighted by molar-refractivity contribution is -0.0375. The van der Waals surface area contributed by atoms with Crippen LogP contribution in [0.3, 0.4) is 0 Å². The first kappa shape index (κ1) is 13.5. The van der Waals surface area contributed by atoms with E-state index in [9.17, 15) is 5.11 Å². The fourth-order valence-electron chi connectivity index (χ4n) is 2.40. The molecule has 0 bridgehead atoms. The molecule has 1 atom stereocenters. The molecule has 1 heterocycles. The predicted octanol–water partition coefficient (Wildman–Crippen LogP) is 3.62.